The van der Waals surface area contributed by atoms with Crippen LogP contribution in [0.4, 0.5) is 17.1 Å². The maximum atomic E-state index is 12.6. The highest BCUT2D eigenvalue weighted by Gasteiger charge is 2.23. The number of ether oxygens (including phenoxy) is 1. The number of nitrogens with one attached hydrogen (secondary N) is 1. The smallest absolute Gasteiger partial charge is 0.282 e. The minimum atomic E-state index is -0.574. The zero-order chi connectivity index (χ0) is 17.8. The van der Waals surface area contributed by atoms with Crippen molar-refractivity contribution < 1.29 is 14.5 Å². The summed E-state index contributed by atoms with van der Waals surface area (Å²) in [6, 6.07) is 11.0. The number of para-hydroxylation sites is 2. The maximum Gasteiger partial charge on any atom is 0.282 e. The SMILES string of the molecule is O=C(Nc1cccc(Cl)c1N1CCOCC1)c1ccccc1[N+](=O)[O-]. The van der Waals surface area contributed by atoms with E-state index in [4.69, 9.17) is 16.3 Å². The van der Waals surface area contributed by atoms with Gasteiger partial charge in [0.15, 0.2) is 0 Å². The van der Waals surface area contributed by atoms with Crippen LogP contribution in [0.15, 0.2) is 42.5 Å². The molecule has 2 aromatic rings. The molecule has 7 nitrogen and oxygen atoms in total. The monoisotopic (exact) mass is 361 g/mol. The summed E-state index contributed by atoms with van der Waals surface area (Å²) in [6.07, 6.45) is 0. The number of carbonyl (C=O) groups excluding carboxylic acids is 1. The molecule has 0 aromatic heterocycles. The summed E-state index contributed by atoms with van der Waals surface area (Å²) >= 11 is 6.33. The van der Waals surface area contributed by atoms with Crippen molar-refractivity contribution in [3.8, 4) is 0 Å². The van der Waals surface area contributed by atoms with Crippen LogP contribution in [0.2, 0.25) is 5.02 Å². The molecule has 0 bridgehead atoms. The van der Waals surface area contributed by atoms with Crippen LogP contribution < -0.4 is 10.2 Å². The number of nitro groups is 1. The Kier molecular flexibility index (Phi) is 5.16. The Balaban J connectivity index is 1.92. The van der Waals surface area contributed by atoms with Gasteiger partial charge in [-0.1, -0.05) is 29.8 Å². The summed E-state index contributed by atoms with van der Waals surface area (Å²) in [5.74, 6) is -0.552. The van der Waals surface area contributed by atoms with Gasteiger partial charge in [0.1, 0.15) is 5.56 Å². The Morgan fingerprint density at radius 2 is 1.88 bits per heavy atom. The second-order valence-corrected chi connectivity index (χ2v) is 5.87. The summed E-state index contributed by atoms with van der Waals surface area (Å²) in [6.45, 7) is 2.45. The van der Waals surface area contributed by atoms with Crippen molar-refractivity contribution in [2.75, 3.05) is 36.5 Å². The Morgan fingerprint density at radius 1 is 1.16 bits per heavy atom. The predicted molar refractivity (Wildman–Crippen MR) is 95.5 cm³/mol. The van der Waals surface area contributed by atoms with E-state index < -0.39 is 10.8 Å². The van der Waals surface area contributed by atoms with Gasteiger partial charge >= 0.3 is 0 Å². The van der Waals surface area contributed by atoms with Crippen LogP contribution in [0.5, 0.6) is 0 Å². The van der Waals surface area contributed by atoms with E-state index in [1.165, 1.54) is 18.2 Å². The molecule has 2 aromatic carbocycles. The number of hydrogen-bond donors (Lipinski definition) is 1. The second-order valence-electron chi connectivity index (χ2n) is 5.46. The Bertz CT molecular complexity index is 806. The normalized spacial score (nSPS) is 14.2. The molecule has 0 spiro atoms. The first-order valence-electron chi connectivity index (χ1n) is 7.74. The van der Waals surface area contributed by atoms with Crippen LogP contribution in [-0.2, 0) is 4.74 Å². The van der Waals surface area contributed by atoms with E-state index in [1.807, 2.05) is 4.90 Å². The number of benzene rings is 2. The first-order chi connectivity index (χ1) is 12.1. The lowest BCUT2D eigenvalue weighted by Crippen LogP contribution is -2.37. The van der Waals surface area contributed by atoms with Gasteiger partial charge in [0.05, 0.1) is 34.5 Å². The van der Waals surface area contributed by atoms with E-state index in [2.05, 4.69) is 5.32 Å². The fraction of sp³-hybridized carbons (Fsp3) is 0.235. The van der Waals surface area contributed by atoms with Gasteiger partial charge in [0, 0.05) is 19.2 Å². The number of rotatable bonds is 4. The quantitative estimate of drug-likeness (QED) is 0.667. The van der Waals surface area contributed by atoms with Crippen LogP contribution in [0.25, 0.3) is 0 Å². The minimum Gasteiger partial charge on any atom is -0.378 e. The topological polar surface area (TPSA) is 84.7 Å². The highest BCUT2D eigenvalue weighted by atomic mass is 35.5. The largest absolute Gasteiger partial charge is 0.378 e. The van der Waals surface area contributed by atoms with Gasteiger partial charge in [-0.05, 0) is 18.2 Å². The zero-order valence-electron chi connectivity index (χ0n) is 13.3. The molecule has 0 saturated carbocycles. The van der Waals surface area contributed by atoms with Gasteiger partial charge in [-0.25, -0.2) is 0 Å². The number of nitro benzene ring substituents is 1. The molecule has 1 fully saturated rings. The average molecular weight is 362 g/mol. The number of amides is 1. The number of halogens is 1. The van der Waals surface area contributed by atoms with Crippen LogP contribution in [0.1, 0.15) is 10.4 Å². The van der Waals surface area contributed by atoms with Crippen molar-refractivity contribution in [3.63, 3.8) is 0 Å². The lowest BCUT2D eigenvalue weighted by atomic mass is 10.1. The molecule has 1 heterocycles. The van der Waals surface area contributed by atoms with Gasteiger partial charge in [0.25, 0.3) is 11.6 Å². The lowest BCUT2D eigenvalue weighted by molar-refractivity contribution is -0.385. The molecule has 0 unspecified atom stereocenters. The fourth-order valence-electron chi connectivity index (χ4n) is 2.74. The molecule has 25 heavy (non-hydrogen) atoms. The Morgan fingerprint density at radius 3 is 2.60 bits per heavy atom. The molecule has 0 aliphatic carbocycles. The number of hydrogen-bond acceptors (Lipinski definition) is 5. The predicted octanol–water partition coefficient (Wildman–Crippen LogP) is 3.34. The summed E-state index contributed by atoms with van der Waals surface area (Å²) in [5.41, 5.74) is 0.965. The Labute approximate surface area is 149 Å². The van der Waals surface area contributed by atoms with Crippen LogP contribution in [0, 0.1) is 10.1 Å². The van der Waals surface area contributed by atoms with E-state index in [-0.39, 0.29) is 11.3 Å². The van der Waals surface area contributed by atoms with Crippen molar-refractivity contribution in [3.05, 3.63) is 63.2 Å². The van der Waals surface area contributed by atoms with Gasteiger partial charge in [0.2, 0.25) is 0 Å². The molecule has 130 valence electrons. The maximum absolute atomic E-state index is 12.6. The van der Waals surface area contributed by atoms with Crippen molar-refractivity contribution in [2.24, 2.45) is 0 Å². The van der Waals surface area contributed by atoms with Crippen LogP contribution in [0.3, 0.4) is 0 Å². The first kappa shape index (κ1) is 17.2. The van der Waals surface area contributed by atoms with Gasteiger partial charge in [-0.3, -0.25) is 14.9 Å². The second kappa shape index (κ2) is 7.50. The summed E-state index contributed by atoms with van der Waals surface area (Å²) in [7, 11) is 0. The molecule has 8 heteroatoms. The first-order valence-corrected chi connectivity index (χ1v) is 8.11. The number of nitrogens with zero attached hydrogens (tertiary/aromatic N) is 2. The molecule has 0 radical (unpaired) electrons. The lowest BCUT2D eigenvalue weighted by Gasteiger charge is -2.31. The zero-order valence-corrected chi connectivity index (χ0v) is 14.0. The number of morpholine rings is 1. The molecule has 1 N–H and O–H groups in total. The van der Waals surface area contributed by atoms with Crippen LogP contribution in [-0.4, -0.2) is 37.1 Å². The third-order valence-corrected chi connectivity index (χ3v) is 4.21. The number of anilines is 2. The standard InChI is InChI=1S/C17H16ClN3O4/c18-13-5-3-6-14(16(13)20-8-10-25-11-9-20)19-17(22)12-4-1-2-7-15(12)21(23)24/h1-7H,8-11H2,(H,19,22). The summed E-state index contributed by atoms with van der Waals surface area (Å²) < 4.78 is 5.35. The molecular formula is C17H16ClN3O4. The van der Waals surface area contributed by atoms with Gasteiger partial charge in [-0.2, -0.15) is 0 Å². The highest BCUT2D eigenvalue weighted by Crippen LogP contribution is 2.35. The molecule has 1 aliphatic rings. The van der Waals surface area contributed by atoms with Gasteiger partial charge < -0.3 is 15.0 Å². The average Bonchev–Trinajstić information content (AvgIpc) is 2.62. The number of carbonyl (C=O) groups is 1. The van der Waals surface area contributed by atoms with E-state index >= 15 is 0 Å². The van der Waals surface area contributed by atoms with Gasteiger partial charge in [-0.15, -0.1) is 0 Å². The van der Waals surface area contributed by atoms with Crippen LogP contribution >= 0.6 is 11.6 Å². The Hall–Kier alpha value is -2.64. The molecule has 0 atom stereocenters. The molecular weight excluding hydrogens is 346 g/mol. The summed E-state index contributed by atoms with van der Waals surface area (Å²) in [4.78, 5) is 25.2. The molecule has 1 aliphatic heterocycles. The third-order valence-electron chi connectivity index (χ3n) is 3.91. The van der Waals surface area contributed by atoms with E-state index in [0.29, 0.717) is 42.7 Å². The molecule has 1 saturated heterocycles. The van der Waals surface area contributed by atoms with Crippen molar-refractivity contribution in [2.45, 2.75) is 0 Å². The van der Waals surface area contributed by atoms with Crippen molar-refractivity contribution in [1.82, 2.24) is 0 Å². The van der Waals surface area contributed by atoms with Crippen molar-refractivity contribution in [1.29, 1.82) is 0 Å². The van der Waals surface area contributed by atoms with E-state index in [0.717, 1.165) is 0 Å². The molecule has 1 amide bonds. The van der Waals surface area contributed by atoms with E-state index in [1.54, 1.807) is 24.3 Å². The highest BCUT2D eigenvalue weighted by molar-refractivity contribution is 6.34. The fourth-order valence-corrected chi connectivity index (χ4v) is 3.03. The van der Waals surface area contributed by atoms with Crippen molar-refractivity contribution >= 4 is 34.6 Å². The minimum absolute atomic E-state index is 0.000373. The molecule has 3 rings (SSSR count). The van der Waals surface area contributed by atoms with E-state index in [9.17, 15) is 14.9 Å². The summed E-state index contributed by atoms with van der Waals surface area (Å²) in [5, 5.41) is 14.4. The third kappa shape index (κ3) is 3.72.